The summed E-state index contributed by atoms with van der Waals surface area (Å²) in [5.41, 5.74) is 6.05. The number of β-lactam (4-membered cyclic amide) rings is 1. The Balaban J connectivity index is 1.37. The molecule has 1 fully saturated rings. The van der Waals surface area contributed by atoms with E-state index in [9.17, 15) is 29.7 Å². The predicted molar refractivity (Wildman–Crippen MR) is 137 cm³/mol. The van der Waals surface area contributed by atoms with Crippen molar-refractivity contribution in [3.8, 4) is 11.5 Å². The van der Waals surface area contributed by atoms with E-state index in [0.29, 0.717) is 22.1 Å². The Morgan fingerprint density at radius 3 is 2.71 bits per heavy atom. The van der Waals surface area contributed by atoms with Crippen molar-refractivity contribution in [2.75, 3.05) is 18.6 Å². The normalized spacial score (nSPS) is 19.2. The first-order valence-corrected chi connectivity index (χ1v) is 13.0. The van der Waals surface area contributed by atoms with Crippen LogP contribution in [0, 0.1) is 0 Å². The van der Waals surface area contributed by atoms with Gasteiger partial charge in [0.25, 0.3) is 11.8 Å². The van der Waals surface area contributed by atoms with Gasteiger partial charge in [-0.3, -0.25) is 14.5 Å². The number of nitrogen functional groups attached to an aromatic ring is 1. The number of aromatic hydroxyl groups is 2. The Kier molecular flexibility index (Phi) is 6.54. The lowest BCUT2D eigenvalue weighted by Crippen LogP contribution is -2.71. The number of rotatable bonds is 7. The second-order valence-electron chi connectivity index (χ2n) is 8.40. The number of phenolic OH excluding ortho intramolecular Hbond substituents is 2. The van der Waals surface area contributed by atoms with E-state index >= 15 is 0 Å². The van der Waals surface area contributed by atoms with Gasteiger partial charge in [0.05, 0.1) is 0 Å². The number of amides is 2. The number of thiazole rings is 1. The van der Waals surface area contributed by atoms with Gasteiger partial charge in [0, 0.05) is 28.2 Å². The highest BCUT2D eigenvalue weighted by molar-refractivity contribution is 8.00. The molecule has 13 nitrogen and oxygen atoms in total. The molecule has 1 saturated heterocycles. The minimum absolute atomic E-state index is 0.136. The molecule has 2 aliphatic rings. The molecule has 0 aliphatic carbocycles. The molecule has 5 rings (SSSR count). The fourth-order valence-corrected chi connectivity index (χ4v) is 6.17. The number of thioether (sulfide) groups is 1. The third-order valence-corrected chi connectivity index (χ3v) is 8.02. The zero-order valence-corrected chi connectivity index (χ0v) is 21.3. The number of phenols is 2. The van der Waals surface area contributed by atoms with Crippen molar-refractivity contribution in [1.29, 1.82) is 0 Å². The van der Waals surface area contributed by atoms with E-state index in [1.807, 2.05) is 0 Å². The van der Waals surface area contributed by atoms with Crippen LogP contribution in [0.3, 0.4) is 0 Å². The summed E-state index contributed by atoms with van der Waals surface area (Å²) in [4.78, 5) is 48.1. The molecular weight excluding hydrogens is 536 g/mol. The summed E-state index contributed by atoms with van der Waals surface area (Å²) in [5.74, 6) is -2.74. The van der Waals surface area contributed by atoms with Crippen molar-refractivity contribution in [3.05, 3.63) is 52.9 Å². The molecule has 0 bridgehead atoms. The van der Waals surface area contributed by atoms with Crippen LogP contribution in [-0.4, -0.2) is 73.0 Å². The average Bonchev–Trinajstić information content (AvgIpc) is 3.31. The number of nitrogens with zero attached hydrogens (tertiary/aromatic N) is 4. The van der Waals surface area contributed by atoms with Crippen molar-refractivity contribution in [2.45, 2.75) is 18.0 Å². The summed E-state index contributed by atoms with van der Waals surface area (Å²) in [6, 6.07) is 3.60. The van der Waals surface area contributed by atoms with Crippen molar-refractivity contribution < 1.29 is 39.1 Å². The van der Waals surface area contributed by atoms with Crippen molar-refractivity contribution in [3.63, 3.8) is 0 Å². The number of nitrogens with one attached hydrogen (secondary N) is 1. The Labute approximate surface area is 222 Å². The number of anilines is 1. The van der Waals surface area contributed by atoms with Crippen LogP contribution in [0.1, 0.15) is 5.69 Å². The number of hydrogen-bond acceptors (Lipinski definition) is 11. The van der Waals surface area contributed by atoms with Gasteiger partial charge in [-0.05, 0) is 17.5 Å². The lowest BCUT2D eigenvalue weighted by atomic mass is 10.0. The maximum absolute atomic E-state index is 13.0. The minimum Gasteiger partial charge on any atom is -0.504 e. The first-order chi connectivity index (χ1) is 18.2. The van der Waals surface area contributed by atoms with Gasteiger partial charge >= 0.3 is 5.97 Å². The van der Waals surface area contributed by atoms with Crippen LogP contribution in [0.2, 0.25) is 0 Å². The zero-order chi connectivity index (χ0) is 27.1. The molecule has 2 aliphatic heterocycles. The van der Waals surface area contributed by atoms with E-state index in [0.717, 1.165) is 11.3 Å². The molecule has 1 unspecified atom stereocenters. The minimum atomic E-state index is -1.26. The van der Waals surface area contributed by atoms with Crippen LogP contribution < -0.4 is 15.6 Å². The highest BCUT2D eigenvalue weighted by Crippen LogP contribution is 2.40. The molecular formula is C23H21N6O7S2+. The first kappa shape index (κ1) is 25.3. The van der Waals surface area contributed by atoms with Gasteiger partial charge < -0.3 is 31.2 Å². The third-order valence-electron chi connectivity index (χ3n) is 6.00. The molecule has 2 atom stereocenters. The number of carbonyl (C=O) groups excluding carboxylic acids is 2. The number of carboxylic acid groups (broad SMARTS) is 1. The van der Waals surface area contributed by atoms with Crippen LogP contribution in [0.4, 0.5) is 5.13 Å². The van der Waals surface area contributed by atoms with E-state index < -0.39 is 29.2 Å². The molecule has 0 saturated carbocycles. The van der Waals surface area contributed by atoms with Gasteiger partial charge in [0.1, 0.15) is 29.9 Å². The number of benzene rings is 1. The van der Waals surface area contributed by atoms with Gasteiger partial charge in [-0.1, -0.05) is 5.16 Å². The number of oxime groups is 1. The topological polar surface area (TPSA) is 192 Å². The molecule has 2 aromatic heterocycles. The standard InChI is InChI=1S/C23H20N6O7S2/c1-36-27-16(13-9-38-23(24)25-13)19(32)26-17-20(33)29-18(22(34)35)12(8-37-21(17)29)7-28-3-2-10-4-14(30)15(31)5-11(10)6-28/h2-6,9,17,21H,7-8H2,1H3,(H5,24,25,26,31,32,34,35)/p+1/t17?,21-/m1/s1. The predicted octanol–water partition coefficient (Wildman–Crippen LogP) is 0.367. The Morgan fingerprint density at radius 2 is 2.05 bits per heavy atom. The summed E-state index contributed by atoms with van der Waals surface area (Å²) < 4.78 is 1.73. The van der Waals surface area contributed by atoms with Crippen molar-refractivity contribution in [1.82, 2.24) is 15.2 Å². The van der Waals surface area contributed by atoms with Gasteiger partial charge in [0.2, 0.25) is 0 Å². The number of fused-ring (bicyclic) bond motifs is 2. The fraction of sp³-hybridized carbons (Fsp3) is 0.217. The lowest BCUT2D eigenvalue weighted by molar-refractivity contribution is -0.687. The largest absolute Gasteiger partial charge is 0.504 e. The second-order valence-corrected chi connectivity index (χ2v) is 10.4. The van der Waals surface area contributed by atoms with Gasteiger partial charge in [-0.15, -0.1) is 23.1 Å². The van der Waals surface area contributed by atoms with Crippen LogP contribution in [0.5, 0.6) is 11.5 Å². The smallest absolute Gasteiger partial charge is 0.352 e. The number of pyridine rings is 1. The SMILES string of the molecule is CON=C(C(=O)NC1C(=O)N2C(C(=O)O)=C(C[n+]3ccc4cc(O)c(O)cc4c3)CS[C@H]12)c1csc(N)n1. The van der Waals surface area contributed by atoms with Crippen LogP contribution in [0.25, 0.3) is 10.8 Å². The Bertz CT molecular complexity index is 1550. The lowest BCUT2D eigenvalue weighted by Gasteiger charge is -2.49. The van der Waals surface area contributed by atoms with E-state index in [2.05, 4.69) is 15.5 Å². The molecule has 4 heterocycles. The molecule has 1 aromatic carbocycles. The zero-order valence-electron chi connectivity index (χ0n) is 19.7. The van der Waals surface area contributed by atoms with E-state index in [-0.39, 0.29) is 40.3 Å². The van der Waals surface area contributed by atoms with Gasteiger partial charge in [-0.25, -0.2) is 14.3 Å². The fourth-order valence-electron chi connectivity index (χ4n) is 4.29. The Hall–Kier alpha value is -4.37. The Morgan fingerprint density at radius 1 is 1.32 bits per heavy atom. The summed E-state index contributed by atoms with van der Waals surface area (Å²) in [6.45, 7) is 0.176. The van der Waals surface area contributed by atoms with Crippen LogP contribution in [-0.2, 0) is 25.8 Å². The van der Waals surface area contributed by atoms with Crippen LogP contribution in [0.15, 0.2) is 52.4 Å². The number of aliphatic carboxylic acids is 1. The molecule has 2 amide bonds. The number of hydrogen-bond donors (Lipinski definition) is 5. The summed E-state index contributed by atoms with van der Waals surface area (Å²) >= 11 is 2.44. The highest BCUT2D eigenvalue weighted by atomic mass is 32.2. The summed E-state index contributed by atoms with van der Waals surface area (Å²) in [7, 11) is 1.27. The first-order valence-electron chi connectivity index (χ1n) is 11.1. The number of aromatic nitrogens is 2. The highest BCUT2D eigenvalue weighted by Gasteiger charge is 2.54. The monoisotopic (exact) mass is 557 g/mol. The molecule has 15 heteroatoms. The summed E-state index contributed by atoms with van der Waals surface area (Å²) in [6.07, 6.45) is 3.42. The molecule has 196 valence electrons. The van der Waals surface area contributed by atoms with Crippen molar-refractivity contribution >= 4 is 62.5 Å². The number of carboxylic acids is 1. The van der Waals surface area contributed by atoms with Gasteiger partial charge in [-0.2, -0.15) is 0 Å². The maximum atomic E-state index is 13.0. The molecule has 6 N–H and O–H groups in total. The molecule has 0 radical (unpaired) electrons. The van der Waals surface area contributed by atoms with Gasteiger partial charge in [0.15, 0.2) is 41.3 Å². The van der Waals surface area contributed by atoms with E-state index in [1.54, 1.807) is 23.0 Å². The van der Waals surface area contributed by atoms with E-state index in [4.69, 9.17) is 10.6 Å². The number of nitrogens with two attached hydrogens (primary N) is 1. The maximum Gasteiger partial charge on any atom is 0.352 e. The summed E-state index contributed by atoms with van der Waals surface area (Å²) in [5, 5.41) is 38.3. The molecule has 38 heavy (non-hydrogen) atoms. The second kappa shape index (κ2) is 9.83. The van der Waals surface area contributed by atoms with Crippen molar-refractivity contribution in [2.24, 2.45) is 5.16 Å². The number of carbonyl (C=O) groups is 3. The average molecular weight is 558 g/mol. The molecule has 3 aromatic rings. The van der Waals surface area contributed by atoms with E-state index in [1.165, 1.54) is 41.3 Å². The third kappa shape index (κ3) is 4.45. The quantitative estimate of drug-likeness (QED) is 0.0891. The van der Waals surface area contributed by atoms with Crippen LogP contribution >= 0.6 is 23.1 Å². The molecule has 0 spiro atoms.